The van der Waals surface area contributed by atoms with Gasteiger partial charge in [0.2, 0.25) is 0 Å². The number of methoxy groups -OCH3 is 2. The molecular formula is C14H16N2O4. The zero-order chi connectivity index (χ0) is 14.5. The Morgan fingerprint density at radius 3 is 2.45 bits per heavy atom. The minimum absolute atomic E-state index is 0.247. The lowest BCUT2D eigenvalue weighted by atomic mass is 10.1. The molecule has 0 aliphatic rings. The Morgan fingerprint density at radius 1 is 1.30 bits per heavy atom. The highest BCUT2D eigenvalue weighted by Gasteiger charge is 2.14. The van der Waals surface area contributed by atoms with Crippen molar-refractivity contribution in [2.75, 3.05) is 14.2 Å². The van der Waals surface area contributed by atoms with Crippen LogP contribution in [0.3, 0.4) is 0 Å². The first-order valence-corrected chi connectivity index (χ1v) is 6.06. The van der Waals surface area contributed by atoms with Gasteiger partial charge in [-0.2, -0.15) is 0 Å². The smallest absolute Gasteiger partial charge is 0.273 e. The largest absolute Gasteiger partial charge is 0.496 e. The van der Waals surface area contributed by atoms with Crippen molar-refractivity contribution in [1.82, 2.24) is 10.3 Å². The molecule has 1 N–H and O–H groups in total. The van der Waals surface area contributed by atoms with Gasteiger partial charge in [-0.25, -0.2) is 4.98 Å². The number of carbonyl (C=O) groups excluding carboxylic acids is 1. The zero-order valence-corrected chi connectivity index (χ0v) is 11.6. The van der Waals surface area contributed by atoms with Gasteiger partial charge < -0.3 is 19.2 Å². The fourth-order valence-corrected chi connectivity index (χ4v) is 1.83. The fourth-order valence-electron chi connectivity index (χ4n) is 1.83. The van der Waals surface area contributed by atoms with Crippen LogP contribution in [0.4, 0.5) is 0 Å². The summed E-state index contributed by atoms with van der Waals surface area (Å²) < 4.78 is 15.5. The fraction of sp³-hybridized carbons (Fsp3) is 0.286. The summed E-state index contributed by atoms with van der Waals surface area (Å²) in [5, 5.41) is 2.76. The van der Waals surface area contributed by atoms with E-state index in [1.54, 1.807) is 21.1 Å². The third-order valence-electron chi connectivity index (χ3n) is 2.81. The zero-order valence-electron chi connectivity index (χ0n) is 11.6. The van der Waals surface area contributed by atoms with Crippen molar-refractivity contribution in [3.05, 3.63) is 41.6 Å². The van der Waals surface area contributed by atoms with Crippen molar-refractivity contribution in [3.8, 4) is 11.5 Å². The minimum atomic E-state index is -0.310. The highest BCUT2D eigenvalue weighted by Crippen LogP contribution is 2.27. The maximum atomic E-state index is 11.9. The van der Waals surface area contributed by atoms with Crippen LogP contribution in [-0.2, 0) is 6.54 Å². The average molecular weight is 276 g/mol. The van der Waals surface area contributed by atoms with Crippen LogP contribution in [0, 0.1) is 6.92 Å². The molecule has 0 unspecified atom stereocenters. The summed E-state index contributed by atoms with van der Waals surface area (Å²) in [5.74, 6) is 1.45. The van der Waals surface area contributed by atoms with Crippen LogP contribution in [0.2, 0.25) is 0 Å². The molecule has 106 valence electrons. The average Bonchev–Trinajstić information content (AvgIpc) is 2.90. The highest BCUT2D eigenvalue weighted by molar-refractivity contribution is 5.91. The summed E-state index contributed by atoms with van der Waals surface area (Å²) in [6, 6.07) is 5.44. The molecule has 1 heterocycles. The lowest BCUT2D eigenvalue weighted by Gasteiger charge is -2.13. The minimum Gasteiger partial charge on any atom is -0.496 e. The van der Waals surface area contributed by atoms with E-state index in [0.717, 1.165) is 5.56 Å². The Balaban J connectivity index is 2.12. The Bertz CT molecular complexity index is 585. The standard InChI is InChI=1S/C14H16N2O4/c1-9-16-11(8-20-9)14(17)15-7-10-12(18-2)5-4-6-13(10)19-3/h4-6,8H,7H2,1-3H3,(H,15,17). The van der Waals surface area contributed by atoms with Crippen molar-refractivity contribution in [1.29, 1.82) is 0 Å². The molecule has 1 aromatic heterocycles. The number of aryl methyl sites for hydroxylation is 1. The monoisotopic (exact) mass is 276 g/mol. The van der Waals surface area contributed by atoms with E-state index in [1.165, 1.54) is 6.26 Å². The van der Waals surface area contributed by atoms with Gasteiger partial charge in [0.05, 0.1) is 26.3 Å². The molecule has 2 rings (SSSR count). The normalized spacial score (nSPS) is 10.2. The number of oxazole rings is 1. The molecule has 0 radical (unpaired) electrons. The predicted molar refractivity (Wildman–Crippen MR) is 72.0 cm³/mol. The Labute approximate surface area is 116 Å². The molecule has 0 aliphatic heterocycles. The van der Waals surface area contributed by atoms with Gasteiger partial charge in [-0.3, -0.25) is 4.79 Å². The second-order valence-corrected chi connectivity index (χ2v) is 4.08. The number of hydrogen-bond donors (Lipinski definition) is 1. The molecule has 0 bridgehead atoms. The number of ether oxygens (including phenoxy) is 2. The molecule has 1 amide bonds. The molecule has 6 nitrogen and oxygen atoms in total. The molecule has 0 aliphatic carbocycles. The molecule has 0 saturated carbocycles. The highest BCUT2D eigenvalue weighted by atomic mass is 16.5. The lowest BCUT2D eigenvalue weighted by molar-refractivity contribution is 0.0945. The van der Waals surface area contributed by atoms with Gasteiger partial charge in [0.15, 0.2) is 11.6 Å². The first kappa shape index (κ1) is 13.9. The van der Waals surface area contributed by atoms with Gasteiger partial charge in [-0.05, 0) is 12.1 Å². The molecular weight excluding hydrogens is 260 g/mol. The number of aromatic nitrogens is 1. The Kier molecular flexibility index (Phi) is 4.24. The molecule has 0 spiro atoms. The van der Waals surface area contributed by atoms with Crippen molar-refractivity contribution in [2.24, 2.45) is 0 Å². The van der Waals surface area contributed by atoms with Crippen LogP contribution in [0.5, 0.6) is 11.5 Å². The summed E-state index contributed by atoms with van der Waals surface area (Å²) in [6.07, 6.45) is 1.32. The number of benzene rings is 1. The SMILES string of the molecule is COc1cccc(OC)c1CNC(=O)c1coc(C)n1. The molecule has 1 aromatic carbocycles. The van der Waals surface area contributed by atoms with Crippen LogP contribution in [0.25, 0.3) is 0 Å². The van der Waals surface area contributed by atoms with E-state index in [0.29, 0.717) is 17.4 Å². The molecule has 20 heavy (non-hydrogen) atoms. The number of rotatable bonds is 5. The van der Waals surface area contributed by atoms with E-state index in [2.05, 4.69) is 10.3 Å². The summed E-state index contributed by atoms with van der Waals surface area (Å²) >= 11 is 0. The van der Waals surface area contributed by atoms with Crippen molar-refractivity contribution < 1.29 is 18.7 Å². The van der Waals surface area contributed by atoms with Crippen LogP contribution in [-0.4, -0.2) is 25.1 Å². The summed E-state index contributed by atoms with van der Waals surface area (Å²) in [5.41, 5.74) is 1.02. The Hall–Kier alpha value is -2.50. The third-order valence-corrected chi connectivity index (χ3v) is 2.81. The third kappa shape index (κ3) is 2.90. The number of nitrogens with one attached hydrogen (secondary N) is 1. The molecule has 0 fully saturated rings. The first-order valence-electron chi connectivity index (χ1n) is 6.06. The van der Waals surface area contributed by atoms with Gasteiger partial charge in [-0.1, -0.05) is 6.07 Å². The van der Waals surface area contributed by atoms with Crippen molar-refractivity contribution in [3.63, 3.8) is 0 Å². The summed E-state index contributed by atoms with van der Waals surface area (Å²) in [7, 11) is 3.14. The summed E-state index contributed by atoms with van der Waals surface area (Å²) in [4.78, 5) is 15.9. The maximum Gasteiger partial charge on any atom is 0.273 e. The van der Waals surface area contributed by atoms with Gasteiger partial charge in [0.1, 0.15) is 17.8 Å². The quantitative estimate of drug-likeness (QED) is 0.903. The number of carbonyl (C=O) groups is 1. The topological polar surface area (TPSA) is 73.6 Å². The Morgan fingerprint density at radius 2 is 1.95 bits per heavy atom. The van der Waals surface area contributed by atoms with E-state index in [1.807, 2.05) is 18.2 Å². The second-order valence-electron chi connectivity index (χ2n) is 4.08. The van der Waals surface area contributed by atoms with E-state index in [4.69, 9.17) is 13.9 Å². The summed E-state index contributed by atoms with van der Waals surface area (Å²) in [6.45, 7) is 1.96. The van der Waals surface area contributed by atoms with Gasteiger partial charge in [-0.15, -0.1) is 0 Å². The van der Waals surface area contributed by atoms with Crippen LogP contribution >= 0.6 is 0 Å². The number of nitrogens with zero attached hydrogens (tertiary/aromatic N) is 1. The molecule has 0 saturated heterocycles. The first-order chi connectivity index (χ1) is 9.65. The number of hydrogen-bond acceptors (Lipinski definition) is 5. The van der Waals surface area contributed by atoms with E-state index < -0.39 is 0 Å². The van der Waals surface area contributed by atoms with Crippen LogP contribution < -0.4 is 14.8 Å². The van der Waals surface area contributed by atoms with Crippen molar-refractivity contribution in [2.45, 2.75) is 13.5 Å². The second kappa shape index (κ2) is 6.10. The van der Waals surface area contributed by atoms with Gasteiger partial charge in [0, 0.05) is 6.92 Å². The van der Waals surface area contributed by atoms with Crippen LogP contribution in [0.15, 0.2) is 28.9 Å². The number of amides is 1. The maximum absolute atomic E-state index is 11.9. The van der Waals surface area contributed by atoms with E-state index in [9.17, 15) is 4.79 Å². The van der Waals surface area contributed by atoms with E-state index in [-0.39, 0.29) is 18.1 Å². The predicted octanol–water partition coefficient (Wildman–Crippen LogP) is 1.93. The van der Waals surface area contributed by atoms with Gasteiger partial charge in [0.25, 0.3) is 5.91 Å². The molecule has 0 atom stereocenters. The van der Waals surface area contributed by atoms with E-state index >= 15 is 0 Å². The van der Waals surface area contributed by atoms with Crippen molar-refractivity contribution >= 4 is 5.91 Å². The van der Waals surface area contributed by atoms with Gasteiger partial charge >= 0.3 is 0 Å². The molecule has 6 heteroatoms. The van der Waals surface area contributed by atoms with Crippen LogP contribution in [0.1, 0.15) is 21.9 Å². The molecule has 2 aromatic rings. The lowest BCUT2D eigenvalue weighted by Crippen LogP contribution is -2.23.